The predicted octanol–water partition coefficient (Wildman–Crippen LogP) is 2.15. The molecule has 0 aromatic heterocycles. The van der Waals surface area contributed by atoms with E-state index >= 15 is 0 Å². The van der Waals surface area contributed by atoms with Crippen LogP contribution in [-0.2, 0) is 4.74 Å². The molecule has 2 N–H and O–H groups in total. The summed E-state index contributed by atoms with van der Waals surface area (Å²) in [6.07, 6.45) is 1.77. The van der Waals surface area contributed by atoms with Crippen LogP contribution in [0.3, 0.4) is 0 Å². The molecule has 0 aliphatic carbocycles. The van der Waals surface area contributed by atoms with Crippen molar-refractivity contribution in [3.05, 3.63) is 0 Å². The van der Waals surface area contributed by atoms with Gasteiger partial charge in [0, 0.05) is 6.54 Å². The molecule has 0 bridgehead atoms. The first-order valence-corrected chi connectivity index (χ1v) is 5.96. The van der Waals surface area contributed by atoms with Crippen LogP contribution in [0.5, 0.6) is 0 Å². The van der Waals surface area contributed by atoms with E-state index < -0.39 is 5.60 Å². The highest BCUT2D eigenvalue weighted by Crippen LogP contribution is 2.07. The minimum absolute atomic E-state index is 0.325. The highest BCUT2D eigenvalue weighted by molar-refractivity contribution is 5.67. The first-order valence-electron chi connectivity index (χ1n) is 5.96. The molecule has 0 saturated heterocycles. The summed E-state index contributed by atoms with van der Waals surface area (Å²) < 4.78 is 5.13. The van der Waals surface area contributed by atoms with Crippen molar-refractivity contribution in [2.75, 3.05) is 20.1 Å². The smallest absolute Gasteiger partial charge is 0.407 e. The van der Waals surface area contributed by atoms with Crippen molar-refractivity contribution < 1.29 is 9.53 Å². The number of rotatable bonds is 6. The second-order valence-corrected chi connectivity index (χ2v) is 5.23. The Bertz CT molecular complexity index is 200. The van der Waals surface area contributed by atoms with Gasteiger partial charge in [-0.15, -0.1) is 0 Å². The lowest BCUT2D eigenvalue weighted by Gasteiger charge is -2.19. The fourth-order valence-corrected chi connectivity index (χ4v) is 1.41. The first-order chi connectivity index (χ1) is 7.35. The summed E-state index contributed by atoms with van der Waals surface area (Å²) in [5.74, 6) is 0.644. The largest absolute Gasteiger partial charge is 0.444 e. The van der Waals surface area contributed by atoms with Crippen LogP contribution in [0.25, 0.3) is 0 Å². The Balaban J connectivity index is 3.48. The van der Waals surface area contributed by atoms with E-state index in [1.807, 2.05) is 27.8 Å². The van der Waals surface area contributed by atoms with Crippen LogP contribution >= 0.6 is 0 Å². The minimum atomic E-state index is -0.413. The summed E-state index contributed by atoms with van der Waals surface area (Å²) in [6, 6.07) is 0. The minimum Gasteiger partial charge on any atom is -0.444 e. The molecule has 96 valence electrons. The number of carbonyl (C=O) groups excluding carboxylic acids is 1. The van der Waals surface area contributed by atoms with Crippen LogP contribution in [0.15, 0.2) is 0 Å². The molecule has 1 amide bonds. The molecule has 0 heterocycles. The van der Waals surface area contributed by atoms with Crippen LogP contribution in [0, 0.1) is 5.92 Å². The summed E-state index contributed by atoms with van der Waals surface area (Å²) in [5, 5.41) is 5.89. The Morgan fingerprint density at radius 3 is 2.50 bits per heavy atom. The van der Waals surface area contributed by atoms with Crippen molar-refractivity contribution >= 4 is 6.09 Å². The van der Waals surface area contributed by atoms with Gasteiger partial charge in [0.05, 0.1) is 0 Å². The molecule has 0 spiro atoms. The zero-order valence-electron chi connectivity index (χ0n) is 11.2. The quantitative estimate of drug-likeness (QED) is 0.687. The average molecular weight is 230 g/mol. The summed E-state index contributed by atoms with van der Waals surface area (Å²) in [4.78, 5) is 11.3. The van der Waals surface area contributed by atoms with Gasteiger partial charge in [0.25, 0.3) is 0 Å². The number of alkyl carbamates (subject to hydrolysis) is 1. The molecule has 4 heteroatoms. The number of carbonyl (C=O) groups is 1. The summed E-state index contributed by atoms with van der Waals surface area (Å²) in [6.45, 7) is 9.49. The molecule has 1 atom stereocenters. The SMILES string of the molecule is CNCC(C)CCCNC(=O)OC(C)(C)C. The molecule has 16 heavy (non-hydrogen) atoms. The number of hydrogen-bond acceptors (Lipinski definition) is 3. The van der Waals surface area contributed by atoms with Gasteiger partial charge in [-0.2, -0.15) is 0 Å². The van der Waals surface area contributed by atoms with Crippen molar-refractivity contribution in [3.63, 3.8) is 0 Å². The Hall–Kier alpha value is -0.770. The van der Waals surface area contributed by atoms with E-state index in [4.69, 9.17) is 4.74 Å². The van der Waals surface area contributed by atoms with Crippen LogP contribution in [0.2, 0.25) is 0 Å². The van der Waals surface area contributed by atoms with Crippen molar-refractivity contribution in [1.29, 1.82) is 0 Å². The van der Waals surface area contributed by atoms with Gasteiger partial charge < -0.3 is 15.4 Å². The Labute approximate surface area is 99.1 Å². The molecule has 0 radical (unpaired) electrons. The van der Waals surface area contributed by atoms with Crippen molar-refractivity contribution in [3.8, 4) is 0 Å². The van der Waals surface area contributed by atoms with E-state index in [-0.39, 0.29) is 6.09 Å². The number of nitrogens with one attached hydrogen (secondary N) is 2. The van der Waals surface area contributed by atoms with Gasteiger partial charge in [0.15, 0.2) is 0 Å². The van der Waals surface area contributed by atoms with Crippen LogP contribution in [-0.4, -0.2) is 31.8 Å². The van der Waals surface area contributed by atoms with Crippen LogP contribution in [0.1, 0.15) is 40.5 Å². The molecule has 1 unspecified atom stereocenters. The molecule has 0 rings (SSSR count). The fraction of sp³-hybridized carbons (Fsp3) is 0.917. The molecular formula is C12H26N2O2. The number of ether oxygens (including phenoxy) is 1. The Morgan fingerprint density at radius 2 is 2.00 bits per heavy atom. The number of amides is 1. The summed E-state index contributed by atoms with van der Waals surface area (Å²) in [7, 11) is 1.95. The zero-order chi connectivity index (χ0) is 12.6. The average Bonchev–Trinajstić information content (AvgIpc) is 2.10. The van der Waals surface area contributed by atoms with Gasteiger partial charge in [0.2, 0.25) is 0 Å². The lowest BCUT2D eigenvalue weighted by Crippen LogP contribution is -2.33. The maximum absolute atomic E-state index is 11.3. The maximum Gasteiger partial charge on any atom is 0.407 e. The molecule has 0 aromatic rings. The standard InChI is InChI=1S/C12H26N2O2/c1-10(9-13-5)7-6-8-14-11(15)16-12(2,3)4/h10,13H,6-9H2,1-5H3,(H,14,15). The highest BCUT2D eigenvalue weighted by atomic mass is 16.6. The third-order valence-electron chi connectivity index (χ3n) is 2.09. The van der Waals surface area contributed by atoms with Gasteiger partial charge in [-0.05, 0) is 53.1 Å². The van der Waals surface area contributed by atoms with E-state index in [1.165, 1.54) is 0 Å². The molecule has 0 aromatic carbocycles. The van der Waals surface area contributed by atoms with Crippen molar-refractivity contribution in [2.24, 2.45) is 5.92 Å². The lowest BCUT2D eigenvalue weighted by atomic mass is 10.1. The van der Waals surface area contributed by atoms with E-state index in [1.54, 1.807) is 0 Å². The summed E-state index contributed by atoms with van der Waals surface area (Å²) in [5.41, 5.74) is -0.413. The topological polar surface area (TPSA) is 50.4 Å². The summed E-state index contributed by atoms with van der Waals surface area (Å²) >= 11 is 0. The normalized spacial score (nSPS) is 13.3. The van der Waals surface area contributed by atoms with Crippen molar-refractivity contribution in [2.45, 2.75) is 46.1 Å². The maximum atomic E-state index is 11.3. The van der Waals surface area contributed by atoms with Crippen LogP contribution < -0.4 is 10.6 Å². The Morgan fingerprint density at radius 1 is 1.38 bits per heavy atom. The van der Waals surface area contributed by atoms with Gasteiger partial charge >= 0.3 is 6.09 Å². The lowest BCUT2D eigenvalue weighted by molar-refractivity contribution is 0.0526. The molecule has 0 aliphatic rings. The predicted molar refractivity (Wildman–Crippen MR) is 66.6 cm³/mol. The van der Waals surface area contributed by atoms with E-state index in [0.717, 1.165) is 19.4 Å². The van der Waals surface area contributed by atoms with Crippen LogP contribution in [0.4, 0.5) is 4.79 Å². The number of hydrogen-bond donors (Lipinski definition) is 2. The molecule has 0 saturated carbocycles. The molecule has 4 nitrogen and oxygen atoms in total. The fourth-order valence-electron chi connectivity index (χ4n) is 1.41. The van der Waals surface area contributed by atoms with Gasteiger partial charge in [0.1, 0.15) is 5.60 Å². The highest BCUT2D eigenvalue weighted by Gasteiger charge is 2.15. The van der Waals surface area contributed by atoms with E-state index in [0.29, 0.717) is 12.5 Å². The molecule has 0 fully saturated rings. The monoisotopic (exact) mass is 230 g/mol. The zero-order valence-corrected chi connectivity index (χ0v) is 11.2. The van der Waals surface area contributed by atoms with E-state index in [9.17, 15) is 4.79 Å². The van der Waals surface area contributed by atoms with Crippen molar-refractivity contribution in [1.82, 2.24) is 10.6 Å². The second-order valence-electron chi connectivity index (χ2n) is 5.23. The first kappa shape index (κ1) is 15.2. The third-order valence-corrected chi connectivity index (χ3v) is 2.09. The van der Waals surface area contributed by atoms with Gasteiger partial charge in [-0.3, -0.25) is 0 Å². The second kappa shape index (κ2) is 7.49. The molecule has 0 aliphatic heterocycles. The third kappa shape index (κ3) is 9.77. The van der Waals surface area contributed by atoms with E-state index in [2.05, 4.69) is 17.6 Å². The Kier molecular flexibility index (Phi) is 7.13. The van der Waals surface area contributed by atoms with Gasteiger partial charge in [-0.25, -0.2) is 4.79 Å². The molecular weight excluding hydrogens is 204 g/mol. The van der Waals surface area contributed by atoms with Gasteiger partial charge in [-0.1, -0.05) is 6.92 Å².